The highest BCUT2D eigenvalue weighted by Gasteiger charge is 2.30. The van der Waals surface area contributed by atoms with Crippen LogP contribution in [0.25, 0.3) is 0 Å². The first kappa shape index (κ1) is 15.8. The number of hydrogen-bond acceptors (Lipinski definition) is 4. The third-order valence-electron chi connectivity index (χ3n) is 3.18. The van der Waals surface area contributed by atoms with Crippen LogP contribution in [0.1, 0.15) is 25.5 Å². The molecule has 1 heterocycles. The lowest BCUT2D eigenvalue weighted by molar-refractivity contribution is -0.117. The number of rotatable bonds is 6. The molecule has 1 aliphatic rings. The molecule has 2 rings (SSSR count). The zero-order chi connectivity index (χ0) is 14.7. The van der Waals surface area contributed by atoms with Crippen molar-refractivity contribution in [2.75, 3.05) is 24.2 Å². The molecule has 1 amide bonds. The van der Waals surface area contributed by atoms with Gasteiger partial charge in [0, 0.05) is 33.0 Å². The Labute approximate surface area is 131 Å². The molecule has 0 fully saturated rings. The number of hydrogen-bond donors (Lipinski definition) is 3. The summed E-state index contributed by atoms with van der Waals surface area (Å²) in [4.78, 5) is 13.0. The Morgan fingerprint density at radius 3 is 2.95 bits per heavy atom. The molecule has 0 saturated carbocycles. The van der Waals surface area contributed by atoms with Gasteiger partial charge in [-0.05, 0) is 40.5 Å². The summed E-state index contributed by atoms with van der Waals surface area (Å²) in [6.45, 7) is 4.94. The first-order chi connectivity index (χ1) is 9.56. The van der Waals surface area contributed by atoms with Crippen molar-refractivity contribution in [2.45, 2.75) is 24.8 Å². The number of thioether (sulfide) groups is 1. The minimum absolute atomic E-state index is 0.000346. The Morgan fingerprint density at radius 2 is 2.30 bits per heavy atom. The van der Waals surface area contributed by atoms with Crippen molar-refractivity contribution in [1.29, 1.82) is 0 Å². The van der Waals surface area contributed by atoms with Crippen LogP contribution in [0.4, 0.5) is 5.69 Å². The highest BCUT2D eigenvalue weighted by molar-refractivity contribution is 9.10. The second kappa shape index (κ2) is 6.93. The summed E-state index contributed by atoms with van der Waals surface area (Å²) >= 11 is 5.25. The third-order valence-corrected chi connectivity index (χ3v) is 5.48. The fourth-order valence-corrected chi connectivity index (χ4v) is 3.74. The average Bonchev–Trinajstić information content (AvgIpc) is 2.72. The van der Waals surface area contributed by atoms with Crippen LogP contribution in [0, 0.1) is 5.92 Å². The zero-order valence-electron chi connectivity index (χ0n) is 11.6. The number of benzene rings is 1. The van der Waals surface area contributed by atoms with Crippen LogP contribution in [0.15, 0.2) is 21.5 Å². The Hall–Kier alpha value is -0.560. The van der Waals surface area contributed by atoms with Gasteiger partial charge in [0.25, 0.3) is 0 Å². The Bertz CT molecular complexity index is 510. The maximum atomic E-state index is 11.9. The minimum atomic E-state index is -0.262. The van der Waals surface area contributed by atoms with Crippen LogP contribution in [0.2, 0.25) is 0 Å². The monoisotopic (exact) mass is 358 g/mol. The molecule has 0 aromatic heterocycles. The summed E-state index contributed by atoms with van der Waals surface area (Å²) < 4.78 is 0.991. The van der Waals surface area contributed by atoms with Crippen molar-refractivity contribution in [3.8, 4) is 0 Å². The highest BCUT2D eigenvalue weighted by atomic mass is 79.9. The second-order valence-electron chi connectivity index (χ2n) is 4.95. The SMILES string of the molecule is CCNC1C(=O)Nc2cc(SCC(C)CO)c(Br)cc21. The van der Waals surface area contributed by atoms with Crippen molar-refractivity contribution < 1.29 is 9.90 Å². The van der Waals surface area contributed by atoms with Gasteiger partial charge in [0.05, 0.1) is 0 Å². The fraction of sp³-hybridized carbons (Fsp3) is 0.500. The van der Waals surface area contributed by atoms with Gasteiger partial charge in [-0.15, -0.1) is 11.8 Å². The lowest BCUT2D eigenvalue weighted by Crippen LogP contribution is -2.27. The van der Waals surface area contributed by atoms with Gasteiger partial charge in [0.1, 0.15) is 6.04 Å². The summed E-state index contributed by atoms with van der Waals surface area (Å²) in [7, 11) is 0. The number of nitrogens with one attached hydrogen (secondary N) is 2. The maximum Gasteiger partial charge on any atom is 0.246 e. The number of halogens is 1. The normalized spacial score (nSPS) is 18.8. The number of anilines is 1. The van der Waals surface area contributed by atoms with E-state index in [1.165, 1.54) is 0 Å². The van der Waals surface area contributed by atoms with Gasteiger partial charge in [-0.25, -0.2) is 0 Å². The second-order valence-corrected chi connectivity index (χ2v) is 6.86. The van der Waals surface area contributed by atoms with Crippen molar-refractivity contribution in [3.63, 3.8) is 0 Å². The Morgan fingerprint density at radius 1 is 1.55 bits per heavy atom. The first-order valence-electron chi connectivity index (χ1n) is 6.68. The van der Waals surface area contributed by atoms with E-state index in [-0.39, 0.29) is 24.5 Å². The van der Waals surface area contributed by atoms with E-state index in [9.17, 15) is 4.79 Å². The van der Waals surface area contributed by atoms with Gasteiger partial charge in [-0.3, -0.25) is 4.79 Å². The van der Waals surface area contributed by atoms with Crippen molar-refractivity contribution >= 4 is 39.3 Å². The van der Waals surface area contributed by atoms with E-state index in [1.807, 2.05) is 26.0 Å². The molecule has 2 atom stereocenters. The number of carbonyl (C=O) groups is 1. The zero-order valence-corrected chi connectivity index (χ0v) is 14.0. The molecule has 0 spiro atoms. The quantitative estimate of drug-likeness (QED) is 0.684. The van der Waals surface area contributed by atoms with Gasteiger partial charge in [0.15, 0.2) is 0 Å². The predicted molar refractivity (Wildman–Crippen MR) is 86.2 cm³/mol. The van der Waals surface area contributed by atoms with Gasteiger partial charge >= 0.3 is 0 Å². The smallest absolute Gasteiger partial charge is 0.246 e. The molecule has 3 N–H and O–H groups in total. The van der Waals surface area contributed by atoms with Gasteiger partial charge < -0.3 is 15.7 Å². The first-order valence-corrected chi connectivity index (χ1v) is 8.46. The summed E-state index contributed by atoms with van der Waals surface area (Å²) in [5, 5.41) is 15.2. The number of likely N-dealkylation sites (N-methyl/N-ethyl adjacent to an activating group) is 1. The van der Waals surface area contributed by atoms with E-state index in [4.69, 9.17) is 5.11 Å². The molecule has 1 aromatic rings. The van der Waals surface area contributed by atoms with Gasteiger partial charge in [0.2, 0.25) is 5.91 Å². The average molecular weight is 359 g/mol. The van der Waals surface area contributed by atoms with Crippen LogP contribution in [-0.4, -0.2) is 29.9 Å². The van der Waals surface area contributed by atoms with Crippen LogP contribution >= 0.6 is 27.7 Å². The largest absolute Gasteiger partial charge is 0.396 e. The van der Waals surface area contributed by atoms with E-state index < -0.39 is 0 Å². The van der Waals surface area contributed by atoms with Crippen LogP contribution in [0.5, 0.6) is 0 Å². The summed E-state index contributed by atoms with van der Waals surface area (Å²) in [5.74, 6) is 1.10. The Balaban J connectivity index is 2.20. The van der Waals surface area contributed by atoms with E-state index in [0.29, 0.717) is 0 Å². The molecule has 2 unspecified atom stereocenters. The summed E-state index contributed by atoms with van der Waals surface area (Å²) in [6, 6.07) is 3.75. The molecule has 4 nitrogen and oxygen atoms in total. The standard InChI is InChI=1S/C14H19BrN2O2S/c1-3-16-13-9-4-10(15)12(20-7-8(2)6-18)5-11(9)17-14(13)19/h4-5,8,13,16,18H,3,6-7H2,1-2H3,(H,17,19). The third kappa shape index (κ3) is 3.36. The molecular formula is C14H19BrN2O2S. The topological polar surface area (TPSA) is 61.4 Å². The van der Waals surface area contributed by atoms with Gasteiger partial charge in [-0.2, -0.15) is 0 Å². The van der Waals surface area contributed by atoms with Crippen molar-refractivity contribution in [1.82, 2.24) is 5.32 Å². The van der Waals surface area contributed by atoms with Crippen molar-refractivity contribution in [3.05, 3.63) is 22.2 Å². The van der Waals surface area contributed by atoms with E-state index in [2.05, 4.69) is 26.6 Å². The van der Waals surface area contributed by atoms with Crippen LogP contribution in [-0.2, 0) is 4.79 Å². The molecule has 0 saturated heterocycles. The molecule has 1 aromatic carbocycles. The maximum absolute atomic E-state index is 11.9. The molecule has 1 aliphatic heterocycles. The molecular weight excluding hydrogens is 340 g/mol. The molecule has 20 heavy (non-hydrogen) atoms. The summed E-state index contributed by atoms with van der Waals surface area (Å²) in [6.07, 6.45) is 0. The number of aliphatic hydroxyl groups excluding tert-OH is 1. The molecule has 0 aliphatic carbocycles. The predicted octanol–water partition coefficient (Wildman–Crippen LogP) is 2.77. The molecule has 0 radical (unpaired) electrons. The van der Waals surface area contributed by atoms with E-state index >= 15 is 0 Å². The van der Waals surface area contributed by atoms with E-state index in [0.717, 1.165) is 32.9 Å². The fourth-order valence-electron chi connectivity index (χ4n) is 2.06. The summed E-state index contributed by atoms with van der Waals surface area (Å²) in [5.41, 5.74) is 1.87. The lowest BCUT2D eigenvalue weighted by Gasteiger charge is -2.12. The number of fused-ring (bicyclic) bond motifs is 1. The molecule has 6 heteroatoms. The number of carbonyl (C=O) groups excluding carboxylic acids is 1. The van der Waals surface area contributed by atoms with Crippen LogP contribution < -0.4 is 10.6 Å². The minimum Gasteiger partial charge on any atom is -0.396 e. The van der Waals surface area contributed by atoms with Crippen LogP contribution in [0.3, 0.4) is 0 Å². The number of amides is 1. The lowest BCUT2D eigenvalue weighted by atomic mass is 10.1. The van der Waals surface area contributed by atoms with E-state index in [1.54, 1.807) is 11.8 Å². The van der Waals surface area contributed by atoms with Crippen molar-refractivity contribution in [2.24, 2.45) is 5.92 Å². The number of aliphatic hydroxyl groups is 1. The Kier molecular flexibility index (Phi) is 5.49. The highest BCUT2D eigenvalue weighted by Crippen LogP contribution is 2.39. The molecule has 110 valence electrons. The van der Waals surface area contributed by atoms with Gasteiger partial charge in [-0.1, -0.05) is 13.8 Å². The molecule has 0 bridgehead atoms.